The monoisotopic (exact) mass is 524 g/mol. The summed E-state index contributed by atoms with van der Waals surface area (Å²) in [6, 6.07) is 9.18. The molecule has 2 N–H and O–H groups in total. The number of carbonyl (C=O) groups excluding carboxylic acids is 1. The fourth-order valence-corrected chi connectivity index (χ4v) is 4.07. The molecule has 0 radical (unpaired) electrons. The molecule has 0 unspecified atom stereocenters. The molecule has 2 aromatic rings. The van der Waals surface area contributed by atoms with E-state index in [0.29, 0.717) is 25.2 Å². The molecule has 2 aliphatic rings. The Morgan fingerprint density at radius 1 is 1.22 bits per heavy atom. The molecule has 2 aliphatic heterocycles. The number of aromatic hydroxyl groups is 1. The minimum Gasteiger partial charge on any atom is -0.508 e. The van der Waals surface area contributed by atoms with Crippen LogP contribution >= 0.6 is 12.2 Å². The van der Waals surface area contributed by atoms with E-state index in [1.807, 2.05) is 6.07 Å². The van der Waals surface area contributed by atoms with Crippen molar-refractivity contribution in [3.05, 3.63) is 53.6 Å². The zero-order valence-electron chi connectivity index (χ0n) is 19.1. The van der Waals surface area contributed by atoms with E-state index in [1.54, 1.807) is 28.2 Å². The van der Waals surface area contributed by atoms with Crippen LogP contribution in [-0.4, -0.2) is 74.0 Å². The zero-order chi connectivity index (χ0) is 24.9. The van der Waals surface area contributed by atoms with Gasteiger partial charge < -0.3 is 24.8 Å². The summed E-state index contributed by atoms with van der Waals surface area (Å²) in [5.41, 5.74) is 0.577. The fourth-order valence-electron chi connectivity index (χ4n) is 3.99. The van der Waals surface area contributed by atoms with Gasteiger partial charge in [-0.15, -0.1) is 0 Å². The van der Waals surface area contributed by atoms with Gasteiger partial charge in [0.15, 0.2) is 11.6 Å². The number of rotatable bonds is 6. The van der Waals surface area contributed by atoms with E-state index in [2.05, 4.69) is 5.32 Å². The van der Waals surface area contributed by atoms with Crippen molar-refractivity contribution in [3.63, 3.8) is 0 Å². The number of carbonyl (C=O) groups is 1. The third kappa shape index (κ3) is 6.31. The van der Waals surface area contributed by atoms with Crippen molar-refractivity contribution in [1.82, 2.24) is 10.4 Å². The van der Waals surface area contributed by atoms with E-state index < -0.39 is 23.8 Å². The van der Waals surface area contributed by atoms with Crippen LogP contribution in [0.25, 0.3) is 0 Å². The highest BCUT2D eigenvalue weighted by molar-refractivity contribution is 7.80. The summed E-state index contributed by atoms with van der Waals surface area (Å²) in [6.45, 7) is 1.81. The predicted octanol–water partition coefficient (Wildman–Crippen LogP) is 3.41. The smallest absolute Gasteiger partial charge is 0.414 e. The number of nitrogens with zero attached hydrogens (tertiary/aromatic N) is 3. The van der Waals surface area contributed by atoms with Crippen LogP contribution in [0.5, 0.6) is 5.75 Å². The lowest BCUT2D eigenvalue weighted by Gasteiger charge is -2.24. The third-order valence-corrected chi connectivity index (χ3v) is 6.07. The normalized spacial score (nSPS) is 18.3. The molecule has 2 aromatic carbocycles. The molecule has 2 fully saturated rings. The number of nitrogens with one attached hydrogen (secondary N) is 1. The number of halogens is 2. The van der Waals surface area contributed by atoms with Crippen LogP contribution in [0.1, 0.15) is 13.0 Å². The molecule has 2 saturated heterocycles. The lowest BCUT2D eigenvalue weighted by Crippen LogP contribution is -2.34. The number of methoxy groups -OCH3 is 1. The predicted molar refractivity (Wildman–Crippen MR) is 135 cm³/mol. The summed E-state index contributed by atoms with van der Waals surface area (Å²) < 4.78 is 40.3. The molecule has 0 aliphatic carbocycles. The molecule has 0 bridgehead atoms. The van der Waals surface area contributed by atoms with Crippen molar-refractivity contribution in [2.75, 3.05) is 56.2 Å². The van der Waals surface area contributed by atoms with E-state index in [1.165, 1.54) is 12.0 Å². The summed E-state index contributed by atoms with van der Waals surface area (Å²) in [7, 11) is 1.41. The average Bonchev–Trinajstić information content (AvgIpc) is 3.06. The molecule has 0 spiro atoms. The van der Waals surface area contributed by atoms with E-state index in [0.717, 1.165) is 12.1 Å². The van der Waals surface area contributed by atoms with Crippen LogP contribution in [0.15, 0.2) is 36.4 Å². The van der Waals surface area contributed by atoms with Crippen LogP contribution in [-0.2, 0) is 20.9 Å². The fraction of sp³-hybridized carbons (Fsp3) is 0.417. The first-order chi connectivity index (χ1) is 16.9. The highest BCUT2D eigenvalue weighted by atomic mass is 32.1. The Bertz CT molecular complexity index is 1070. The van der Waals surface area contributed by atoms with Gasteiger partial charge in [-0.1, -0.05) is 25.6 Å². The number of amides is 1. The SMILES string of the molecule is C.COC(=S)NC[C@H]1CN(c2cc(F)c(N3CCON(Cc4ccccc4O)CC3)c(F)c2)C(=O)O1. The van der Waals surface area contributed by atoms with E-state index in [9.17, 15) is 9.90 Å². The lowest BCUT2D eigenvalue weighted by molar-refractivity contribution is -0.155. The van der Waals surface area contributed by atoms with Crippen LogP contribution in [0, 0.1) is 11.6 Å². The first-order valence-corrected chi connectivity index (χ1v) is 11.4. The molecule has 1 amide bonds. The van der Waals surface area contributed by atoms with Crippen LogP contribution in [0.2, 0.25) is 0 Å². The zero-order valence-corrected chi connectivity index (χ0v) is 19.9. The van der Waals surface area contributed by atoms with Crippen molar-refractivity contribution in [3.8, 4) is 5.75 Å². The average molecular weight is 525 g/mol. The molecule has 9 nitrogen and oxygen atoms in total. The van der Waals surface area contributed by atoms with Gasteiger partial charge in [-0.05, 0) is 18.3 Å². The molecular formula is C24H30F2N4O5S. The topological polar surface area (TPSA) is 86.7 Å². The summed E-state index contributed by atoms with van der Waals surface area (Å²) in [5, 5.41) is 14.6. The first kappa shape index (κ1) is 27.4. The van der Waals surface area contributed by atoms with Crippen LogP contribution in [0.3, 0.4) is 0 Å². The maximum absolute atomic E-state index is 15.1. The molecule has 1 atom stereocenters. The Labute approximate surface area is 214 Å². The number of benzene rings is 2. The lowest BCUT2D eigenvalue weighted by atomic mass is 10.2. The van der Waals surface area contributed by atoms with Gasteiger partial charge in [0.1, 0.15) is 17.5 Å². The summed E-state index contributed by atoms with van der Waals surface area (Å²) >= 11 is 4.89. The van der Waals surface area contributed by atoms with E-state index in [-0.39, 0.29) is 56.0 Å². The molecule has 196 valence electrons. The van der Waals surface area contributed by atoms with Gasteiger partial charge in [-0.25, -0.2) is 13.6 Å². The van der Waals surface area contributed by atoms with Gasteiger partial charge >= 0.3 is 6.09 Å². The third-order valence-electron chi connectivity index (χ3n) is 5.76. The van der Waals surface area contributed by atoms with Crippen molar-refractivity contribution in [1.29, 1.82) is 0 Å². The number of cyclic esters (lactones) is 1. The number of ether oxygens (including phenoxy) is 2. The summed E-state index contributed by atoms with van der Waals surface area (Å²) in [5.74, 6) is -1.42. The maximum atomic E-state index is 15.1. The van der Waals surface area contributed by atoms with Crippen molar-refractivity contribution in [2.45, 2.75) is 20.1 Å². The number of para-hydroxylation sites is 1. The number of thiocarbonyl (C=S) groups is 1. The molecule has 4 rings (SSSR count). The van der Waals surface area contributed by atoms with Gasteiger partial charge in [0.2, 0.25) is 0 Å². The number of anilines is 2. The number of hydroxylamine groups is 2. The second-order valence-corrected chi connectivity index (χ2v) is 8.43. The highest BCUT2D eigenvalue weighted by Gasteiger charge is 2.34. The van der Waals surface area contributed by atoms with Gasteiger partial charge in [0.25, 0.3) is 5.17 Å². The van der Waals surface area contributed by atoms with E-state index >= 15 is 8.78 Å². The van der Waals surface area contributed by atoms with Crippen molar-refractivity contribution < 1.29 is 33.0 Å². The minimum absolute atomic E-state index is 0. The molecular weight excluding hydrogens is 494 g/mol. The Balaban J connectivity index is 0.00000361. The maximum Gasteiger partial charge on any atom is 0.414 e. The van der Waals surface area contributed by atoms with E-state index in [4.69, 9.17) is 26.5 Å². The first-order valence-electron chi connectivity index (χ1n) is 11.0. The van der Waals surface area contributed by atoms with Gasteiger partial charge in [-0.3, -0.25) is 9.74 Å². The molecule has 0 saturated carbocycles. The summed E-state index contributed by atoms with van der Waals surface area (Å²) in [6.07, 6.45) is -1.26. The van der Waals surface area contributed by atoms with Crippen LogP contribution < -0.4 is 15.1 Å². The molecule has 36 heavy (non-hydrogen) atoms. The van der Waals surface area contributed by atoms with Crippen molar-refractivity contribution in [2.24, 2.45) is 0 Å². The number of phenolic OH excluding ortho intramolecular Hbond substituents is 1. The second-order valence-electron chi connectivity index (χ2n) is 8.06. The minimum atomic E-state index is -0.788. The Morgan fingerprint density at radius 2 is 1.94 bits per heavy atom. The Kier molecular flexibility index (Phi) is 9.24. The number of phenols is 1. The largest absolute Gasteiger partial charge is 0.508 e. The standard InChI is InChI=1S/C23H26F2N4O5S.CH4/c1-32-22(35)26-12-17-14-29(23(31)34-17)16-10-18(24)21(19(25)11-16)27-6-7-28(33-9-8-27)13-15-4-2-3-5-20(15)30;/h2-5,10-11,17,30H,6-9,12-14H2,1H3,(H,26,35);1H4/t17-;/m0./s1. The van der Waals surface area contributed by atoms with Gasteiger partial charge in [0, 0.05) is 37.3 Å². The quantitative estimate of drug-likeness (QED) is 0.552. The van der Waals surface area contributed by atoms with Crippen molar-refractivity contribution >= 4 is 34.9 Å². The van der Waals surface area contributed by atoms with Crippen LogP contribution in [0.4, 0.5) is 25.0 Å². The Hall–Kier alpha value is -3.22. The molecule has 0 aromatic heterocycles. The highest BCUT2D eigenvalue weighted by Crippen LogP contribution is 2.31. The Morgan fingerprint density at radius 3 is 2.64 bits per heavy atom. The second kappa shape index (κ2) is 12.2. The van der Waals surface area contributed by atoms with Gasteiger partial charge in [0.05, 0.1) is 39.0 Å². The molecule has 12 heteroatoms. The number of hydrogen-bond donors (Lipinski definition) is 2. The molecule has 2 heterocycles. The number of hydrogen-bond acceptors (Lipinski definition) is 8. The summed E-state index contributed by atoms with van der Waals surface area (Å²) in [4.78, 5) is 20.7. The van der Waals surface area contributed by atoms with Gasteiger partial charge in [-0.2, -0.15) is 5.06 Å².